The molecule has 0 radical (unpaired) electrons. The van der Waals surface area contributed by atoms with Gasteiger partial charge in [0.25, 0.3) is 0 Å². The lowest BCUT2D eigenvalue weighted by molar-refractivity contribution is -0.119. The van der Waals surface area contributed by atoms with Crippen LogP contribution < -0.4 is 10.2 Å². The Labute approximate surface area is 113 Å². The van der Waals surface area contributed by atoms with Gasteiger partial charge in [0.05, 0.1) is 0 Å². The second-order valence-electron chi connectivity index (χ2n) is 5.42. The fourth-order valence-electron chi connectivity index (χ4n) is 2.31. The molecule has 0 unspecified atom stereocenters. The van der Waals surface area contributed by atoms with Crippen molar-refractivity contribution in [3.63, 3.8) is 0 Å². The number of hydrogen-bond donors (Lipinski definition) is 1. The third-order valence-electron chi connectivity index (χ3n) is 3.36. The van der Waals surface area contributed by atoms with Gasteiger partial charge in [-0.2, -0.15) is 0 Å². The van der Waals surface area contributed by atoms with Gasteiger partial charge in [-0.05, 0) is 38.5 Å². The SMILES string of the molecule is Cc1c(Cl)cccc1N1CCNC(C)(C)CC1=O. The maximum absolute atomic E-state index is 12.3. The smallest absolute Gasteiger partial charge is 0.228 e. The van der Waals surface area contributed by atoms with Gasteiger partial charge in [0.15, 0.2) is 0 Å². The molecule has 0 spiro atoms. The number of anilines is 1. The van der Waals surface area contributed by atoms with E-state index >= 15 is 0 Å². The third-order valence-corrected chi connectivity index (χ3v) is 3.77. The number of carbonyl (C=O) groups excluding carboxylic acids is 1. The summed E-state index contributed by atoms with van der Waals surface area (Å²) in [5.74, 6) is 0.148. The van der Waals surface area contributed by atoms with Crippen molar-refractivity contribution in [2.45, 2.75) is 32.7 Å². The monoisotopic (exact) mass is 266 g/mol. The van der Waals surface area contributed by atoms with Gasteiger partial charge in [-0.15, -0.1) is 0 Å². The Morgan fingerprint density at radius 3 is 2.83 bits per heavy atom. The number of hydrogen-bond acceptors (Lipinski definition) is 2. The molecule has 4 heteroatoms. The number of nitrogens with one attached hydrogen (secondary N) is 1. The Kier molecular flexibility index (Phi) is 3.64. The van der Waals surface area contributed by atoms with Crippen LogP contribution in [0.1, 0.15) is 25.8 Å². The molecule has 1 heterocycles. The number of benzene rings is 1. The summed E-state index contributed by atoms with van der Waals surface area (Å²) < 4.78 is 0. The molecule has 0 aromatic heterocycles. The predicted octanol–water partition coefficient (Wildman–Crippen LogP) is 2.75. The van der Waals surface area contributed by atoms with Gasteiger partial charge in [0, 0.05) is 35.8 Å². The van der Waals surface area contributed by atoms with Crippen LogP contribution in [0.15, 0.2) is 18.2 Å². The lowest BCUT2D eigenvalue weighted by Gasteiger charge is -2.24. The van der Waals surface area contributed by atoms with Crippen molar-refractivity contribution >= 4 is 23.2 Å². The number of rotatable bonds is 1. The molecule has 98 valence electrons. The highest BCUT2D eigenvalue weighted by atomic mass is 35.5. The highest BCUT2D eigenvalue weighted by molar-refractivity contribution is 6.31. The van der Waals surface area contributed by atoms with Gasteiger partial charge in [-0.3, -0.25) is 4.79 Å². The highest BCUT2D eigenvalue weighted by Crippen LogP contribution is 2.28. The van der Waals surface area contributed by atoms with Crippen LogP contribution in [0.2, 0.25) is 5.02 Å². The van der Waals surface area contributed by atoms with Gasteiger partial charge in [0.2, 0.25) is 5.91 Å². The summed E-state index contributed by atoms with van der Waals surface area (Å²) >= 11 is 6.12. The summed E-state index contributed by atoms with van der Waals surface area (Å²) in [5.41, 5.74) is 1.75. The number of nitrogens with zero attached hydrogens (tertiary/aromatic N) is 1. The molecule has 1 aromatic carbocycles. The van der Waals surface area contributed by atoms with E-state index in [9.17, 15) is 4.79 Å². The zero-order valence-electron chi connectivity index (χ0n) is 11.1. The first-order valence-corrected chi connectivity index (χ1v) is 6.59. The average molecular weight is 267 g/mol. The summed E-state index contributed by atoms with van der Waals surface area (Å²) in [6.45, 7) is 7.54. The van der Waals surface area contributed by atoms with Gasteiger partial charge < -0.3 is 10.2 Å². The minimum absolute atomic E-state index is 0.141. The average Bonchev–Trinajstić information content (AvgIpc) is 2.40. The molecule has 0 saturated carbocycles. The normalized spacial score (nSPS) is 19.8. The zero-order chi connectivity index (χ0) is 13.3. The van der Waals surface area contributed by atoms with Gasteiger partial charge in [-0.1, -0.05) is 17.7 Å². The zero-order valence-corrected chi connectivity index (χ0v) is 11.8. The summed E-state index contributed by atoms with van der Waals surface area (Å²) in [6.07, 6.45) is 0.499. The number of amides is 1. The van der Waals surface area contributed by atoms with E-state index in [0.717, 1.165) is 17.8 Å². The van der Waals surface area contributed by atoms with E-state index in [0.29, 0.717) is 18.0 Å². The fraction of sp³-hybridized carbons (Fsp3) is 0.500. The Morgan fingerprint density at radius 1 is 1.39 bits per heavy atom. The van der Waals surface area contributed by atoms with E-state index in [-0.39, 0.29) is 11.4 Å². The van der Waals surface area contributed by atoms with Crippen LogP contribution in [0.25, 0.3) is 0 Å². The summed E-state index contributed by atoms with van der Waals surface area (Å²) in [7, 11) is 0. The van der Waals surface area contributed by atoms with Gasteiger partial charge >= 0.3 is 0 Å². The molecule has 1 N–H and O–H groups in total. The minimum Gasteiger partial charge on any atom is -0.311 e. The molecule has 1 fully saturated rings. The molecule has 0 aliphatic carbocycles. The van der Waals surface area contributed by atoms with E-state index in [2.05, 4.69) is 19.2 Å². The van der Waals surface area contributed by atoms with Crippen LogP contribution in [-0.2, 0) is 4.79 Å². The molecule has 0 bridgehead atoms. The Hall–Kier alpha value is -1.06. The van der Waals surface area contributed by atoms with Gasteiger partial charge in [0.1, 0.15) is 0 Å². The van der Waals surface area contributed by atoms with Crippen LogP contribution >= 0.6 is 11.6 Å². The molecule has 0 atom stereocenters. The van der Waals surface area contributed by atoms with Crippen molar-refractivity contribution in [3.8, 4) is 0 Å². The maximum Gasteiger partial charge on any atom is 0.228 e. The summed E-state index contributed by atoms with van der Waals surface area (Å²) in [5, 5.41) is 4.09. The fourth-order valence-corrected chi connectivity index (χ4v) is 2.48. The second-order valence-corrected chi connectivity index (χ2v) is 5.82. The first kappa shape index (κ1) is 13.4. The summed E-state index contributed by atoms with van der Waals surface area (Å²) in [6, 6.07) is 5.70. The van der Waals surface area contributed by atoms with E-state index < -0.39 is 0 Å². The molecule has 2 rings (SSSR count). The molecule has 18 heavy (non-hydrogen) atoms. The number of halogens is 1. The van der Waals surface area contributed by atoms with Crippen LogP contribution in [0, 0.1) is 6.92 Å². The van der Waals surface area contributed by atoms with E-state index in [1.54, 1.807) is 0 Å². The second kappa shape index (κ2) is 4.90. The van der Waals surface area contributed by atoms with Gasteiger partial charge in [-0.25, -0.2) is 0 Å². The Morgan fingerprint density at radius 2 is 2.11 bits per heavy atom. The molecule has 1 saturated heterocycles. The maximum atomic E-state index is 12.3. The molecule has 1 aromatic rings. The Bertz CT molecular complexity index is 471. The van der Waals surface area contributed by atoms with Crippen molar-refractivity contribution in [1.82, 2.24) is 5.32 Å². The Balaban J connectivity index is 2.33. The highest BCUT2D eigenvalue weighted by Gasteiger charge is 2.29. The third kappa shape index (κ3) is 2.68. The first-order chi connectivity index (χ1) is 8.41. The van der Waals surface area contributed by atoms with Crippen molar-refractivity contribution in [1.29, 1.82) is 0 Å². The van der Waals surface area contributed by atoms with Crippen molar-refractivity contribution in [2.24, 2.45) is 0 Å². The lowest BCUT2D eigenvalue weighted by atomic mass is 10.0. The largest absolute Gasteiger partial charge is 0.311 e. The van der Waals surface area contributed by atoms with Crippen LogP contribution in [0.5, 0.6) is 0 Å². The van der Waals surface area contributed by atoms with E-state index in [1.807, 2.05) is 30.0 Å². The van der Waals surface area contributed by atoms with Crippen molar-refractivity contribution < 1.29 is 4.79 Å². The molecule has 3 nitrogen and oxygen atoms in total. The lowest BCUT2D eigenvalue weighted by Crippen LogP contribution is -2.39. The van der Waals surface area contributed by atoms with E-state index in [4.69, 9.17) is 11.6 Å². The molecule has 1 aliphatic rings. The number of carbonyl (C=O) groups is 1. The standard InChI is InChI=1S/C14H19ClN2O/c1-10-11(15)5-4-6-12(10)17-8-7-16-14(2,3)9-13(17)18/h4-6,16H,7-9H2,1-3H3. The molecular weight excluding hydrogens is 248 g/mol. The van der Waals surface area contributed by atoms with Crippen LogP contribution in [0.4, 0.5) is 5.69 Å². The first-order valence-electron chi connectivity index (χ1n) is 6.21. The molecular formula is C14H19ClN2O. The van der Waals surface area contributed by atoms with Crippen molar-refractivity contribution in [2.75, 3.05) is 18.0 Å². The summed E-state index contributed by atoms with van der Waals surface area (Å²) in [4.78, 5) is 14.2. The minimum atomic E-state index is -0.141. The van der Waals surface area contributed by atoms with E-state index in [1.165, 1.54) is 0 Å². The van der Waals surface area contributed by atoms with Crippen LogP contribution in [0.3, 0.4) is 0 Å². The quantitative estimate of drug-likeness (QED) is 0.848. The molecule has 1 amide bonds. The van der Waals surface area contributed by atoms with Crippen molar-refractivity contribution in [3.05, 3.63) is 28.8 Å². The topological polar surface area (TPSA) is 32.3 Å². The molecule has 1 aliphatic heterocycles. The van der Waals surface area contributed by atoms with Crippen LogP contribution in [-0.4, -0.2) is 24.5 Å². The predicted molar refractivity (Wildman–Crippen MR) is 75.2 cm³/mol.